The smallest absolute Gasteiger partial charge is 0.250 e. The van der Waals surface area contributed by atoms with Gasteiger partial charge in [0.25, 0.3) is 0 Å². The fraction of sp³-hybridized carbons (Fsp3) is 0.320. The van der Waals surface area contributed by atoms with Gasteiger partial charge in [-0.05, 0) is 81.0 Å². The van der Waals surface area contributed by atoms with Crippen LogP contribution >= 0.6 is 12.2 Å². The second kappa shape index (κ2) is 9.72. The minimum Gasteiger partial charge on any atom is -0.375 e. The predicted octanol–water partition coefficient (Wildman–Crippen LogP) is 4.53. The lowest BCUT2D eigenvalue weighted by Crippen LogP contribution is -2.30. The molecule has 1 amide bonds. The van der Waals surface area contributed by atoms with Gasteiger partial charge in [-0.1, -0.05) is 6.07 Å². The molecule has 2 N–H and O–H groups in total. The van der Waals surface area contributed by atoms with Crippen molar-refractivity contribution in [2.24, 2.45) is 0 Å². The summed E-state index contributed by atoms with van der Waals surface area (Å²) in [6.45, 7) is 6.33. The Morgan fingerprint density at radius 3 is 2.73 bits per heavy atom. The molecule has 7 nitrogen and oxygen atoms in total. The number of aromatic nitrogens is 2. The number of ether oxygens (including phenoxy) is 1. The Bertz CT molecular complexity index is 1140. The topological polar surface area (TPSA) is 71.4 Å². The van der Waals surface area contributed by atoms with Crippen molar-refractivity contribution >= 4 is 34.6 Å². The van der Waals surface area contributed by atoms with Crippen molar-refractivity contribution in [1.82, 2.24) is 14.9 Å². The van der Waals surface area contributed by atoms with E-state index in [1.54, 1.807) is 0 Å². The highest BCUT2D eigenvalue weighted by Gasteiger charge is 2.42. The van der Waals surface area contributed by atoms with E-state index in [1.165, 1.54) is 7.11 Å². The minimum atomic E-state index is -0.186. The van der Waals surface area contributed by atoms with Crippen molar-refractivity contribution in [3.8, 4) is 0 Å². The third-order valence-corrected chi connectivity index (χ3v) is 6.12. The zero-order chi connectivity index (χ0) is 23.5. The molecule has 3 heterocycles. The maximum Gasteiger partial charge on any atom is 0.250 e. The monoisotopic (exact) mass is 463 g/mol. The zero-order valence-corrected chi connectivity index (χ0v) is 20.1. The summed E-state index contributed by atoms with van der Waals surface area (Å²) in [7, 11) is 1.50. The Morgan fingerprint density at radius 1 is 1.24 bits per heavy atom. The molecule has 1 aromatic carbocycles. The lowest BCUT2D eigenvalue weighted by atomic mass is 10.00. The van der Waals surface area contributed by atoms with E-state index in [1.807, 2.05) is 49.5 Å². The molecule has 0 aliphatic carbocycles. The fourth-order valence-electron chi connectivity index (χ4n) is 4.32. The molecule has 0 unspecified atom stereocenters. The van der Waals surface area contributed by atoms with E-state index in [4.69, 9.17) is 17.0 Å². The summed E-state index contributed by atoms with van der Waals surface area (Å²) in [5, 5.41) is 7.04. The lowest BCUT2D eigenvalue weighted by molar-refractivity contribution is -0.119. The summed E-state index contributed by atoms with van der Waals surface area (Å²) in [6, 6.07) is 16.2. The number of methoxy groups -OCH3 is 1. The van der Waals surface area contributed by atoms with E-state index < -0.39 is 0 Å². The number of pyridine rings is 1. The number of benzene rings is 1. The first kappa shape index (κ1) is 22.9. The van der Waals surface area contributed by atoms with Gasteiger partial charge < -0.3 is 24.8 Å². The van der Waals surface area contributed by atoms with Crippen LogP contribution in [0.2, 0.25) is 0 Å². The van der Waals surface area contributed by atoms with Gasteiger partial charge in [0.05, 0.1) is 11.7 Å². The second-order valence-electron chi connectivity index (χ2n) is 8.41. The van der Waals surface area contributed by atoms with Crippen molar-refractivity contribution in [1.29, 1.82) is 0 Å². The lowest BCUT2D eigenvalue weighted by Gasteiger charge is -2.30. The first-order valence-electron chi connectivity index (χ1n) is 11.0. The third-order valence-electron chi connectivity index (χ3n) is 5.81. The SMILES string of the molecule is COCC(=O)Nc1ccc(N2C(=S)N[C@@H](c3ccccn3)[C@@H]2c2cccn2C(C)C)cc1C. The van der Waals surface area contributed by atoms with Gasteiger partial charge in [0.1, 0.15) is 12.6 Å². The van der Waals surface area contributed by atoms with Crippen molar-refractivity contribution in [3.05, 3.63) is 77.9 Å². The van der Waals surface area contributed by atoms with Crippen LogP contribution in [-0.4, -0.2) is 34.3 Å². The highest BCUT2D eigenvalue weighted by molar-refractivity contribution is 7.80. The van der Waals surface area contributed by atoms with Crippen molar-refractivity contribution in [3.63, 3.8) is 0 Å². The van der Waals surface area contributed by atoms with E-state index in [0.29, 0.717) is 11.2 Å². The zero-order valence-electron chi connectivity index (χ0n) is 19.3. The van der Waals surface area contributed by atoms with Gasteiger partial charge in [0, 0.05) is 42.6 Å². The summed E-state index contributed by atoms with van der Waals surface area (Å²) in [6.07, 6.45) is 3.91. The van der Waals surface area contributed by atoms with Crippen LogP contribution in [0.1, 0.15) is 48.9 Å². The molecular formula is C25H29N5O2S. The Morgan fingerprint density at radius 2 is 2.06 bits per heavy atom. The number of rotatable bonds is 7. The number of hydrogen-bond donors (Lipinski definition) is 2. The molecule has 1 saturated heterocycles. The molecule has 1 aliphatic rings. The number of carbonyl (C=O) groups is 1. The Hall–Kier alpha value is -3.23. The molecule has 172 valence electrons. The summed E-state index contributed by atoms with van der Waals surface area (Å²) in [5.41, 5.74) is 4.74. The van der Waals surface area contributed by atoms with Crippen LogP contribution in [0.25, 0.3) is 0 Å². The molecule has 2 atom stereocenters. The fourth-order valence-corrected chi connectivity index (χ4v) is 4.66. The second-order valence-corrected chi connectivity index (χ2v) is 8.80. The standard InChI is InChI=1S/C25H29N5O2S/c1-16(2)29-13-7-9-21(29)24-23(20-8-5-6-12-26-20)28-25(33)30(24)18-10-11-19(17(3)14-18)27-22(31)15-32-4/h5-14,16,23-24H,15H2,1-4H3,(H,27,31)(H,28,33)/t23-,24-/m0/s1. The number of anilines is 2. The number of aryl methyl sites for hydroxylation is 1. The number of thiocarbonyl (C=S) groups is 1. The Kier molecular flexibility index (Phi) is 6.76. The molecule has 0 saturated carbocycles. The average Bonchev–Trinajstić information content (AvgIpc) is 3.40. The van der Waals surface area contributed by atoms with E-state index in [-0.39, 0.29) is 24.6 Å². The number of carbonyl (C=O) groups excluding carboxylic acids is 1. The van der Waals surface area contributed by atoms with E-state index in [2.05, 4.69) is 57.3 Å². The Labute approximate surface area is 199 Å². The molecule has 4 rings (SSSR count). The molecule has 0 radical (unpaired) electrons. The third kappa shape index (κ3) is 4.62. The quantitative estimate of drug-likeness (QED) is 0.502. The molecule has 33 heavy (non-hydrogen) atoms. The summed E-state index contributed by atoms with van der Waals surface area (Å²) >= 11 is 5.83. The summed E-state index contributed by atoms with van der Waals surface area (Å²) in [4.78, 5) is 18.8. The predicted molar refractivity (Wildman–Crippen MR) is 134 cm³/mol. The van der Waals surface area contributed by atoms with Crippen LogP contribution in [0.4, 0.5) is 11.4 Å². The first-order chi connectivity index (χ1) is 15.9. The molecule has 0 spiro atoms. The normalized spacial score (nSPS) is 18.0. The maximum atomic E-state index is 12.0. The van der Waals surface area contributed by atoms with Crippen LogP contribution in [0.3, 0.4) is 0 Å². The van der Waals surface area contributed by atoms with E-state index in [9.17, 15) is 4.79 Å². The number of hydrogen-bond acceptors (Lipinski definition) is 4. The van der Waals surface area contributed by atoms with Crippen molar-refractivity contribution < 1.29 is 9.53 Å². The van der Waals surface area contributed by atoms with Gasteiger partial charge in [-0.25, -0.2) is 0 Å². The van der Waals surface area contributed by atoms with E-state index >= 15 is 0 Å². The van der Waals surface area contributed by atoms with Crippen LogP contribution in [-0.2, 0) is 9.53 Å². The van der Waals surface area contributed by atoms with Gasteiger partial charge in [-0.2, -0.15) is 0 Å². The number of amides is 1. The number of nitrogens with one attached hydrogen (secondary N) is 2. The van der Waals surface area contributed by atoms with Crippen LogP contribution < -0.4 is 15.5 Å². The van der Waals surface area contributed by atoms with E-state index in [0.717, 1.165) is 28.3 Å². The van der Waals surface area contributed by atoms with Crippen molar-refractivity contribution in [2.75, 3.05) is 23.9 Å². The van der Waals surface area contributed by atoms with Gasteiger partial charge >= 0.3 is 0 Å². The molecule has 2 aromatic heterocycles. The largest absolute Gasteiger partial charge is 0.375 e. The molecule has 3 aromatic rings. The Balaban J connectivity index is 1.76. The van der Waals surface area contributed by atoms with Gasteiger partial charge in [-0.15, -0.1) is 0 Å². The molecule has 0 bridgehead atoms. The van der Waals surface area contributed by atoms with Gasteiger partial charge in [0.2, 0.25) is 5.91 Å². The van der Waals surface area contributed by atoms with Gasteiger partial charge in [-0.3, -0.25) is 9.78 Å². The molecule has 8 heteroatoms. The molecule has 1 fully saturated rings. The van der Waals surface area contributed by atoms with Crippen molar-refractivity contribution in [2.45, 2.75) is 38.9 Å². The highest BCUT2D eigenvalue weighted by atomic mass is 32.1. The van der Waals surface area contributed by atoms with Crippen LogP contribution in [0.15, 0.2) is 60.9 Å². The first-order valence-corrected chi connectivity index (χ1v) is 11.4. The average molecular weight is 464 g/mol. The minimum absolute atomic E-state index is 0.0152. The van der Waals surface area contributed by atoms with Crippen LogP contribution in [0, 0.1) is 6.92 Å². The molecular weight excluding hydrogens is 434 g/mol. The highest BCUT2D eigenvalue weighted by Crippen LogP contribution is 2.42. The summed E-state index contributed by atoms with van der Waals surface area (Å²) in [5.74, 6) is -0.186. The maximum absolute atomic E-state index is 12.0. The summed E-state index contributed by atoms with van der Waals surface area (Å²) < 4.78 is 7.19. The number of nitrogens with zero attached hydrogens (tertiary/aromatic N) is 3. The molecule has 1 aliphatic heterocycles. The van der Waals surface area contributed by atoms with Crippen LogP contribution in [0.5, 0.6) is 0 Å². The van der Waals surface area contributed by atoms with Gasteiger partial charge in [0.15, 0.2) is 5.11 Å².